The molecule has 3 heteroatoms. The minimum atomic E-state index is -0.138. The molecule has 0 radical (unpaired) electrons. The number of nitriles is 1. The van der Waals surface area contributed by atoms with Crippen LogP contribution in [0.25, 0.3) is 10.8 Å². The molecule has 0 heterocycles. The van der Waals surface area contributed by atoms with Gasteiger partial charge in [0.2, 0.25) is 5.91 Å². The van der Waals surface area contributed by atoms with Crippen molar-refractivity contribution < 1.29 is 4.79 Å². The summed E-state index contributed by atoms with van der Waals surface area (Å²) in [5.74, 6) is -0.0945. The Kier molecular flexibility index (Phi) is 4.37. The molecule has 0 fully saturated rings. The highest BCUT2D eigenvalue weighted by molar-refractivity contribution is 5.85. The fourth-order valence-electron chi connectivity index (χ4n) is 2.21. The van der Waals surface area contributed by atoms with Crippen LogP contribution in [-0.2, 0) is 11.2 Å². The van der Waals surface area contributed by atoms with Crippen LogP contribution in [0.5, 0.6) is 0 Å². The first-order valence-electron chi connectivity index (χ1n) is 6.71. The second-order valence-electron chi connectivity index (χ2n) is 5.16. The number of hydrogen-bond donors (Lipinski definition) is 0. The maximum atomic E-state index is 12.1. The normalized spacial score (nSPS) is 11.8. The van der Waals surface area contributed by atoms with E-state index in [0.717, 1.165) is 10.9 Å². The van der Waals surface area contributed by atoms with Crippen LogP contribution in [0.3, 0.4) is 0 Å². The molecule has 0 aliphatic heterocycles. The van der Waals surface area contributed by atoms with Crippen LogP contribution in [0, 0.1) is 17.2 Å². The highest BCUT2D eigenvalue weighted by atomic mass is 16.2. The summed E-state index contributed by atoms with van der Waals surface area (Å²) in [5, 5.41) is 11.1. The van der Waals surface area contributed by atoms with Gasteiger partial charge < -0.3 is 4.90 Å². The Labute approximate surface area is 119 Å². The SMILES string of the molecule is CC(C#N)CN(C)C(=O)Cc1ccc2ccccc2c1. The summed E-state index contributed by atoms with van der Waals surface area (Å²) >= 11 is 0. The van der Waals surface area contributed by atoms with Crippen LogP contribution in [0.2, 0.25) is 0 Å². The van der Waals surface area contributed by atoms with Crippen molar-refractivity contribution in [3.63, 3.8) is 0 Å². The average Bonchev–Trinajstić information content (AvgIpc) is 2.46. The predicted octanol–water partition coefficient (Wildman–Crippen LogP) is 3.00. The Balaban J connectivity index is 2.08. The van der Waals surface area contributed by atoms with E-state index in [9.17, 15) is 4.79 Å². The number of hydrogen-bond acceptors (Lipinski definition) is 2. The van der Waals surface area contributed by atoms with Gasteiger partial charge >= 0.3 is 0 Å². The Hall–Kier alpha value is -2.34. The van der Waals surface area contributed by atoms with Crippen LogP contribution >= 0.6 is 0 Å². The zero-order valence-electron chi connectivity index (χ0n) is 11.8. The first-order chi connectivity index (χ1) is 9.60. The van der Waals surface area contributed by atoms with E-state index in [4.69, 9.17) is 5.26 Å². The zero-order valence-corrected chi connectivity index (χ0v) is 11.8. The maximum Gasteiger partial charge on any atom is 0.226 e. The highest BCUT2D eigenvalue weighted by Gasteiger charge is 2.12. The molecule has 0 saturated carbocycles. The lowest BCUT2D eigenvalue weighted by molar-refractivity contribution is -0.129. The van der Waals surface area contributed by atoms with E-state index in [2.05, 4.69) is 18.2 Å². The fraction of sp³-hybridized carbons (Fsp3) is 0.294. The van der Waals surface area contributed by atoms with Crippen LogP contribution in [0.1, 0.15) is 12.5 Å². The first kappa shape index (κ1) is 14.1. The Morgan fingerprint density at radius 3 is 2.65 bits per heavy atom. The summed E-state index contributed by atoms with van der Waals surface area (Å²) in [4.78, 5) is 13.7. The summed E-state index contributed by atoms with van der Waals surface area (Å²) in [5.41, 5.74) is 1.00. The Morgan fingerprint density at radius 1 is 1.25 bits per heavy atom. The topological polar surface area (TPSA) is 44.1 Å². The molecule has 0 saturated heterocycles. The minimum absolute atomic E-state index is 0.0439. The molecule has 1 atom stereocenters. The van der Waals surface area contributed by atoms with Gasteiger partial charge in [-0.2, -0.15) is 5.26 Å². The average molecular weight is 266 g/mol. The largest absolute Gasteiger partial charge is 0.344 e. The standard InChI is InChI=1S/C17H18N2O/c1-13(11-18)12-19(2)17(20)10-14-7-8-15-5-3-4-6-16(15)9-14/h3-9,13H,10,12H2,1-2H3. The van der Waals surface area contributed by atoms with Crippen molar-refractivity contribution in [1.29, 1.82) is 5.26 Å². The number of nitrogens with zero attached hydrogens (tertiary/aromatic N) is 2. The third kappa shape index (κ3) is 3.36. The van der Waals surface area contributed by atoms with E-state index >= 15 is 0 Å². The van der Waals surface area contributed by atoms with Crippen molar-refractivity contribution in [1.82, 2.24) is 4.90 Å². The molecule has 2 aromatic carbocycles. The van der Waals surface area contributed by atoms with Crippen molar-refractivity contribution >= 4 is 16.7 Å². The van der Waals surface area contributed by atoms with E-state index in [-0.39, 0.29) is 11.8 Å². The van der Waals surface area contributed by atoms with Gasteiger partial charge in [0.1, 0.15) is 0 Å². The second kappa shape index (κ2) is 6.21. The minimum Gasteiger partial charge on any atom is -0.344 e. The van der Waals surface area contributed by atoms with E-state index in [0.29, 0.717) is 13.0 Å². The summed E-state index contributed by atoms with van der Waals surface area (Å²) in [6, 6.07) is 16.3. The van der Waals surface area contributed by atoms with Gasteiger partial charge in [-0.15, -0.1) is 0 Å². The molecule has 2 rings (SSSR count). The molecular formula is C17H18N2O. The molecule has 1 unspecified atom stereocenters. The number of carbonyl (C=O) groups excluding carboxylic acids is 1. The number of carbonyl (C=O) groups is 1. The lowest BCUT2D eigenvalue weighted by atomic mass is 10.0. The first-order valence-corrected chi connectivity index (χ1v) is 6.71. The smallest absolute Gasteiger partial charge is 0.226 e. The molecule has 0 bridgehead atoms. The zero-order chi connectivity index (χ0) is 14.5. The van der Waals surface area contributed by atoms with Crippen molar-refractivity contribution in [2.45, 2.75) is 13.3 Å². The van der Waals surface area contributed by atoms with Gasteiger partial charge in [-0.25, -0.2) is 0 Å². The lowest BCUT2D eigenvalue weighted by Crippen LogP contribution is -2.31. The number of fused-ring (bicyclic) bond motifs is 1. The van der Waals surface area contributed by atoms with Crippen LogP contribution in [0.15, 0.2) is 42.5 Å². The molecule has 1 amide bonds. The molecular weight excluding hydrogens is 248 g/mol. The third-order valence-electron chi connectivity index (χ3n) is 3.36. The van der Waals surface area contributed by atoms with Crippen LogP contribution in [-0.4, -0.2) is 24.4 Å². The van der Waals surface area contributed by atoms with Gasteiger partial charge in [0.05, 0.1) is 18.4 Å². The molecule has 3 nitrogen and oxygen atoms in total. The van der Waals surface area contributed by atoms with Crippen LogP contribution < -0.4 is 0 Å². The van der Waals surface area contributed by atoms with E-state index < -0.39 is 0 Å². The molecule has 20 heavy (non-hydrogen) atoms. The van der Waals surface area contributed by atoms with Crippen molar-refractivity contribution in [2.24, 2.45) is 5.92 Å². The predicted molar refractivity (Wildman–Crippen MR) is 80.1 cm³/mol. The van der Waals surface area contributed by atoms with Crippen molar-refractivity contribution in [3.8, 4) is 6.07 Å². The summed E-state index contributed by atoms with van der Waals surface area (Å²) in [6.07, 6.45) is 0.374. The quantitative estimate of drug-likeness (QED) is 0.854. The van der Waals surface area contributed by atoms with Gasteiger partial charge in [-0.3, -0.25) is 4.79 Å². The van der Waals surface area contributed by atoms with E-state index in [1.54, 1.807) is 11.9 Å². The van der Waals surface area contributed by atoms with Gasteiger partial charge in [0.25, 0.3) is 0 Å². The van der Waals surface area contributed by atoms with Crippen molar-refractivity contribution in [2.75, 3.05) is 13.6 Å². The third-order valence-corrected chi connectivity index (χ3v) is 3.36. The van der Waals surface area contributed by atoms with E-state index in [1.807, 2.05) is 37.3 Å². The molecule has 0 N–H and O–H groups in total. The lowest BCUT2D eigenvalue weighted by Gasteiger charge is -2.18. The summed E-state index contributed by atoms with van der Waals surface area (Å²) < 4.78 is 0. The number of rotatable bonds is 4. The van der Waals surface area contributed by atoms with Crippen molar-refractivity contribution in [3.05, 3.63) is 48.0 Å². The Bertz CT molecular complexity index is 657. The fourth-order valence-corrected chi connectivity index (χ4v) is 2.21. The van der Waals surface area contributed by atoms with Crippen LogP contribution in [0.4, 0.5) is 0 Å². The monoisotopic (exact) mass is 266 g/mol. The van der Waals surface area contributed by atoms with Gasteiger partial charge in [-0.1, -0.05) is 42.5 Å². The molecule has 0 spiro atoms. The summed E-state index contributed by atoms with van der Waals surface area (Å²) in [6.45, 7) is 2.29. The second-order valence-corrected chi connectivity index (χ2v) is 5.16. The van der Waals surface area contributed by atoms with E-state index in [1.165, 1.54) is 5.39 Å². The van der Waals surface area contributed by atoms with Gasteiger partial charge in [0.15, 0.2) is 0 Å². The van der Waals surface area contributed by atoms with Gasteiger partial charge in [-0.05, 0) is 23.3 Å². The highest BCUT2D eigenvalue weighted by Crippen LogP contribution is 2.16. The molecule has 102 valence electrons. The molecule has 0 aromatic heterocycles. The summed E-state index contributed by atoms with van der Waals surface area (Å²) in [7, 11) is 1.75. The number of amides is 1. The van der Waals surface area contributed by atoms with Gasteiger partial charge in [0, 0.05) is 13.6 Å². The molecule has 0 aliphatic carbocycles. The molecule has 2 aromatic rings. The Morgan fingerprint density at radius 2 is 1.95 bits per heavy atom. The number of likely N-dealkylation sites (N-methyl/N-ethyl adjacent to an activating group) is 1. The maximum absolute atomic E-state index is 12.1. The molecule has 0 aliphatic rings. The number of benzene rings is 2.